The molecule has 0 spiro atoms. The van der Waals surface area contributed by atoms with E-state index >= 15 is 0 Å². The second-order valence-corrected chi connectivity index (χ2v) is 7.15. The van der Waals surface area contributed by atoms with Gasteiger partial charge in [-0.2, -0.15) is 10.2 Å². The molecule has 0 bridgehead atoms. The zero-order chi connectivity index (χ0) is 20.9. The fourth-order valence-corrected chi connectivity index (χ4v) is 3.76. The Morgan fingerprint density at radius 2 is 1.87 bits per heavy atom. The minimum absolute atomic E-state index is 0.154. The lowest BCUT2D eigenvalue weighted by molar-refractivity contribution is 0.469. The van der Waals surface area contributed by atoms with Gasteiger partial charge in [0.15, 0.2) is 0 Å². The van der Waals surface area contributed by atoms with Gasteiger partial charge in [-0.15, -0.1) is 0 Å². The summed E-state index contributed by atoms with van der Waals surface area (Å²) < 4.78 is 13.8. The molecule has 1 aromatic carbocycles. The predicted octanol–water partition coefficient (Wildman–Crippen LogP) is 4.40. The maximum Gasteiger partial charge on any atom is 0.135 e. The van der Waals surface area contributed by atoms with Crippen LogP contribution in [0.4, 0.5) is 4.39 Å². The molecule has 0 saturated heterocycles. The molecule has 6 rings (SSSR count). The average molecular weight is 411 g/mol. The summed E-state index contributed by atoms with van der Waals surface area (Å²) in [5, 5.41) is 24.8. The van der Waals surface area contributed by atoms with E-state index in [1.807, 2.05) is 24.3 Å². The Morgan fingerprint density at radius 3 is 2.71 bits per heavy atom. The molecule has 5 heterocycles. The largest absolute Gasteiger partial charge is 0.508 e. The summed E-state index contributed by atoms with van der Waals surface area (Å²) in [6.07, 6.45) is 5.13. The second kappa shape index (κ2) is 6.49. The van der Waals surface area contributed by atoms with Crippen molar-refractivity contribution in [1.29, 1.82) is 0 Å². The lowest BCUT2D eigenvalue weighted by Crippen LogP contribution is -1.85. The van der Waals surface area contributed by atoms with Crippen LogP contribution in [0.5, 0.6) is 5.75 Å². The number of hydrogen-bond donors (Lipinski definition) is 4. The molecule has 0 aliphatic heterocycles. The molecule has 4 N–H and O–H groups in total. The van der Waals surface area contributed by atoms with E-state index in [0.717, 1.165) is 39.4 Å². The highest BCUT2D eigenvalue weighted by Crippen LogP contribution is 2.34. The molecule has 31 heavy (non-hydrogen) atoms. The quantitative estimate of drug-likeness (QED) is 0.344. The number of pyridine rings is 2. The number of nitrogens with one attached hydrogen (secondary N) is 3. The number of halogens is 1. The topological polar surface area (TPSA) is 119 Å². The van der Waals surface area contributed by atoms with Gasteiger partial charge in [0.1, 0.15) is 22.8 Å². The Hall–Kier alpha value is -4.53. The van der Waals surface area contributed by atoms with Crippen LogP contribution >= 0.6 is 0 Å². The van der Waals surface area contributed by atoms with E-state index in [1.54, 1.807) is 18.6 Å². The summed E-state index contributed by atoms with van der Waals surface area (Å²) in [4.78, 5) is 12.5. The number of phenolic OH excluding ortho intramolecular Hbond substituents is 1. The third-order valence-electron chi connectivity index (χ3n) is 5.16. The first-order valence-electron chi connectivity index (χ1n) is 9.48. The van der Waals surface area contributed by atoms with Gasteiger partial charge in [0, 0.05) is 40.5 Å². The van der Waals surface area contributed by atoms with Gasteiger partial charge in [-0.25, -0.2) is 9.37 Å². The van der Waals surface area contributed by atoms with Crippen molar-refractivity contribution in [2.24, 2.45) is 0 Å². The van der Waals surface area contributed by atoms with Crippen LogP contribution in [0.2, 0.25) is 0 Å². The highest BCUT2D eigenvalue weighted by atomic mass is 19.1. The van der Waals surface area contributed by atoms with Crippen LogP contribution in [0.15, 0.2) is 61.1 Å². The molecular formula is C22H14FN7O. The first-order chi connectivity index (χ1) is 15.2. The van der Waals surface area contributed by atoms with Crippen LogP contribution in [0.3, 0.4) is 0 Å². The van der Waals surface area contributed by atoms with Crippen LogP contribution in [0.1, 0.15) is 0 Å². The maximum absolute atomic E-state index is 13.8. The molecule has 0 aliphatic carbocycles. The van der Waals surface area contributed by atoms with Gasteiger partial charge < -0.3 is 10.1 Å². The highest BCUT2D eigenvalue weighted by Gasteiger charge is 2.16. The Bertz CT molecular complexity index is 1550. The number of rotatable bonds is 3. The monoisotopic (exact) mass is 411 g/mol. The van der Waals surface area contributed by atoms with Gasteiger partial charge in [-0.1, -0.05) is 0 Å². The molecule has 8 nitrogen and oxygen atoms in total. The number of H-pyrrole nitrogens is 3. The van der Waals surface area contributed by atoms with Crippen LogP contribution < -0.4 is 0 Å². The Balaban J connectivity index is 1.53. The number of benzene rings is 1. The van der Waals surface area contributed by atoms with Gasteiger partial charge in [0.25, 0.3) is 0 Å². The molecule has 0 saturated carbocycles. The summed E-state index contributed by atoms with van der Waals surface area (Å²) >= 11 is 0. The number of aromatic amines is 3. The highest BCUT2D eigenvalue weighted by molar-refractivity contribution is 5.99. The SMILES string of the molecule is Oc1cc(F)cc(-c2nccc3[nH]c(-c4n[nH]c5ccc(-c6cn[nH]c6)nc45)cc23)c1. The molecule has 0 atom stereocenters. The summed E-state index contributed by atoms with van der Waals surface area (Å²) in [6.45, 7) is 0. The Morgan fingerprint density at radius 1 is 0.935 bits per heavy atom. The van der Waals surface area contributed by atoms with Crippen molar-refractivity contribution in [1.82, 2.24) is 35.3 Å². The molecule has 0 aliphatic rings. The van der Waals surface area contributed by atoms with Gasteiger partial charge in [-0.3, -0.25) is 15.2 Å². The number of phenols is 1. The number of hydrogen-bond acceptors (Lipinski definition) is 5. The lowest BCUT2D eigenvalue weighted by atomic mass is 10.1. The third-order valence-corrected chi connectivity index (χ3v) is 5.16. The van der Waals surface area contributed by atoms with E-state index in [-0.39, 0.29) is 5.75 Å². The molecule has 150 valence electrons. The normalized spacial score (nSPS) is 11.5. The van der Waals surface area contributed by atoms with E-state index in [0.29, 0.717) is 22.5 Å². The van der Waals surface area contributed by atoms with Crippen LogP contribution in [-0.2, 0) is 0 Å². The van der Waals surface area contributed by atoms with Crippen molar-refractivity contribution in [3.05, 3.63) is 66.9 Å². The first-order valence-corrected chi connectivity index (χ1v) is 9.48. The first kappa shape index (κ1) is 17.3. The van der Waals surface area contributed by atoms with Crippen molar-refractivity contribution in [3.8, 4) is 39.7 Å². The maximum atomic E-state index is 13.8. The number of nitrogens with zero attached hydrogens (tertiary/aromatic N) is 4. The molecule has 0 amide bonds. The van der Waals surface area contributed by atoms with E-state index in [1.165, 1.54) is 12.1 Å². The number of aromatic hydroxyl groups is 1. The zero-order valence-corrected chi connectivity index (χ0v) is 15.9. The van der Waals surface area contributed by atoms with Gasteiger partial charge in [-0.05, 0) is 36.4 Å². The molecular weight excluding hydrogens is 397 g/mol. The smallest absolute Gasteiger partial charge is 0.135 e. The van der Waals surface area contributed by atoms with Gasteiger partial charge >= 0.3 is 0 Å². The van der Waals surface area contributed by atoms with Crippen molar-refractivity contribution in [3.63, 3.8) is 0 Å². The van der Waals surface area contributed by atoms with E-state index in [2.05, 4.69) is 30.4 Å². The minimum Gasteiger partial charge on any atom is -0.508 e. The molecule has 9 heteroatoms. The predicted molar refractivity (Wildman–Crippen MR) is 114 cm³/mol. The Kier molecular flexibility index (Phi) is 3.63. The minimum atomic E-state index is -0.529. The molecule has 6 aromatic rings. The number of aromatic nitrogens is 7. The molecule has 0 fully saturated rings. The molecule has 0 unspecified atom stereocenters. The summed E-state index contributed by atoms with van der Waals surface area (Å²) in [5.41, 5.74) is 6.42. The number of fused-ring (bicyclic) bond motifs is 2. The van der Waals surface area contributed by atoms with E-state index in [9.17, 15) is 9.50 Å². The van der Waals surface area contributed by atoms with Gasteiger partial charge in [0.05, 0.1) is 28.8 Å². The standard InChI is InChI=1S/C22H14FN7O/c23-13-5-11(6-14(31)7-13)20-15-8-19(27-17(15)3-4-24-20)22-21-18(29-30-22)2-1-16(28-21)12-9-25-26-10-12/h1-10,27,31H,(H,25,26)(H,29,30). The van der Waals surface area contributed by atoms with Crippen LogP contribution in [-0.4, -0.2) is 40.5 Å². The Labute approximate surface area is 173 Å². The fraction of sp³-hybridized carbons (Fsp3) is 0. The van der Waals surface area contributed by atoms with E-state index in [4.69, 9.17) is 4.98 Å². The molecule has 5 aromatic heterocycles. The van der Waals surface area contributed by atoms with Crippen LogP contribution in [0.25, 0.3) is 55.8 Å². The average Bonchev–Trinajstić information content (AvgIpc) is 3.50. The van der Waals surface area contributed by atoms with Gasteiger partial charge in [0.2, 0.25) is 0 Å². The summed E-state index contributed by atoms with van der Waals surface area (Å²) in [5.74, 6) is -0.683. The fourth-order valence-electron chi connectivity index (χ4n) is 3.76. The van der Waals surface area contributed by atoms with Crippen molar-refractivity contribution >= 4 is 21.9 Å². The third kappa shape index (κ3) is 2.83. The zero-order valence-electron chi connectivity index (χ0n) is 15.9. The van der Waals surface area contributed by atoms with Crippen molar-refractivity contribution in [2.45, 2.75) is 0 Å². The second-order valence-electron chi connectivity index (χ2n) is 7.15. The van der Waals surface area contributed by atoms with Crippen LogP contribution in [0, 0.1) is 5.82 Å². The van der Waals surface area contributed by atoms with E-state index < -0.39 is 5.82 Å². The van der Waals surface area contributed by atoms with Crippen molar-refractivity contribution in [2.75, 3.05) is 0 Å². The lowest BCUT2D eigenvalue weighted by Gasteiger charge is -2.03. The molecule has 0 radical (unpaired) electrons. The van der Waals surface area contributed by atoms with Crippen molar-refractivity contribution < 1.29 is 9.50 Å². The summed E-state index contributed by atoms with van der Waals surface area (Å²) in [6, 6.07) is 11.5. The summed E-state index contributed by atoms with van der Waals surface area (Å²) in [7, 11) is 0.